The lowest BCUT2D eigenvalue weighted by Gasteiger charge is -2.30. The van der Waals surface area contributed by atoms with Crippen LogP contribution < -0.4 is 0 Å². The fourth-order valence-corrected chi connectivity index (χ4v) is 2.55. The summed E-state index contributed by atoms with van der Waals surface area (Å²) in [7, 11) is 0. The van der Waals surface area contributed by atoms with Gasteiger partial charge in [0, 0.05) is 13.0 Å². The maximum atomic E-state index is 12.6. The van der Waals surface area contributed by atoms with Crippen molar-refractivity contribution in [3.8, 4) is 0 Å². The van der Waals surface area contributed by atoms with Crippen LogP contribution in [0.25, 0.3) is 0 Å². The van der Waals surface area contributed by atoms with Crippen molar-refractivity contribution in [1.29, 1.82) is 0 Å². The van der Waals surface area contributed by atoms with Crippen molar-refractivity contribution < 1.29 is 19.4 Å². The van der Waals surface area contributed by atoms with Gasteiger partial charge < -0.3 is 14.7 Å². The Bertz CT molecular complexity index is 509. The largest absolute Gasteiger partial charge is 0.466 e. The molecule has 1 rings (SSSR count). The summed E-state index contributed by atoms with van der Waals surface area (Å²) in [6.07, 6.45) is 1.81. The molecule has 1 N–H and O–H groups in total. The number of ether oxygens (including phenoxy) is 1. The number of hydrogen-bond donors (Lipinski definition) is 1. The molecule has 24 heavy (non-hydrogen) atoms. The molecule has 0 spiro atoms. The van der Waals surface area contributed by atoms with Crippen molar-refractivity contribution in [2.24, 2.45) is 0 Å². The number of nitrogens with zero attached hydrogens (tertiary/aromatic N) is 1. The van der Waals surface area contributed by atoms with E-state index in [-0.39, 0.29) is 37.5 Å². The zero-order valence-electron chi connectivity index (χ0n) is 15.0. The number of aliphatic hydroxyl groups is 1. The molecule has 134 valence electrons. The predicted octanol–water partition coefficient (Wildman–Crippen LogP) is 2.48. The minimum absolute atomic E-state index is 0.0410. The molecule has 0 aliphatic heterocycles. The maximum absolute atomic E-state index is 12.6. The van der Waals surface area contributed by atoms with E-state index < -0.39 is 0 Å². The van der Waals surface area contributed by atoms with Crippen molar-refractivity contribution in [3.63, 3.8) is 0 Å². The van der Waals surface area contributed by atoms with E-state index in [1.165, 1.54) is 5.56 Å². The molecule has 0 aliphatic carbocycles. The summed E-state index contributed by atoms with van der Waals surface area (Å²) in [6, 6.07) is 7.84. The molecule has 0 saturated carbocycles. The Morgan fingerprint density at radius 2 is 1.83 bits per heavy atom. The second kappa shape index (κ2) is 10.8. The molecule has 0 radical (unpaired) electrons. The van der Waals surface area contributed by atoms with Crippen molar-refractivity contribution in [2.45, 2.75) is 52.5 Å². The van der Waals surface area contributed by atoms with Gasteiger partial charge in [-0.05, 0) is 32.3 Å². The highest BCUT2D eigenvalue weighted by Gasteiger charge is 2.22. The maximum Gasteiger partial charge on any atom is 0.307 e. The molecule has 5 nitrogen and oxygen atoms in total. The molecular weight excluding hydrogens is 306 g/mol. The molecule has 1 aromatic carbocycles. The van der Waals surface area contributed by atoms with Gasteiger partial charge in [0.15, 0.2) is 0 Å². The van der Waals surface area contributed by atoms with Crippen molar-refractivity contribution in [2.75, 3.05) is 19.8 Å². The number of esters is 1. The molecule has 1 atom stereocenters. The molecule has 0 aliphatic rings. The van der Waals surface area contributed by atoms with Gasteiger partial charge in [0.1, 0.15) is 0 Å². The summed E-state index contributed by atoms with van der Waals surface area (Å²) in [5.74, 6) is -0.359. The molecule has 1 unspecified atom stereocenters. The Morgan fingerprint density at radius 3 is 2.38 bits per heavy atom. The number of amides is 1. The SMILES string of the molecule is CCOC(=O)CCN(C(=O)CCc1ccc(C)cc1)C(CC)CO. The first-order valence-corrected chi connectivity index (χ1v) is 8.63. The first kappa shape index (κ1) is 20.2. The molecular formula is C19H29NO4. The zero-order valence-corrected chi connectivity index (χ0v) is 15.0. The summed E-state index contributed by atoms with van der Waals surface area (Å²) in [6.45, 7) is 6.22. The van der Waals surface area contributed by atoms with E-state index in [0.717, 1.165) is 5.56 Å². The number of carbonyl (C=O) groups excluding carboxylic acids is 2. The van der Waals surface area contributed by atoms with E-state index in [4.69, 9.17) is 4.74 Å². The van der Waals surface area contributed by atoms with Crippen LogP contribution in [0.2, 0.25) is 0 Å². The smallest absolute Gasteiger partial charge is 0.307 e. The average molecular weight is 335 g/mol. The fraction of sp³-hybridized carbons (Fsp3) is 0.579. The second-order valence-electron chi connectivity index (χ2n) is 5.87. The van der Waals surface area contributed by atoms with Crippen molar-refractivity contribution >= 4 is 11.9 Å². The first-order chi connectivity index (χ1) is 11.5. The summed E-state index contributed by atoms with van der Waals surface area (Å²) in [4.78, 5) is 25.7. The van der Waals surface area contributed by atoms with E-state index in [1.807, 2.05) is 38.1 Å². The van der Waals surface area contributed by atoms with Gasteiger partial charge in [-0.25, -0.2) is 0 Å². The van der Waals surface area contributed by atoms with Gasteiger partial charge in [-0.3, -0.25) is 9.59 Å². The number of hydrogen-bond acceptors (Lipinski definition) is 4. The predicted molar refractivity (Wildman–Crippen MR) is 93.6 cm³/mol. The molecule has 0 heterocycles. The lowest BCUT2D eigenvalue weighted by atomic mass is 10.1. The number of rotatable bonds is 10. The zero-order chi connectivity index (χ0) is 17.9. The summed E-state index contributed by atoms with van der Waals surface area (Å²) in [5.41, 5.74) is 2.30. The minimum Gasteiger partial charge on any atom is -0.466 e. The van der Waals surface area contributed by atoms with Crippen LogP contribution in [0, 0.1) is 6.92 Å². The molecule has 5 heteroatoms. The summed E-state index contributed by atoms with van der Waals surface area (Å²) in [5, 5.41) is 9.52. The van der Waals surface area contributed by atoms with Crippen LogP contribution in [-0.4, -0.2) is 47.7 Å². The van der Waals surface area contributed by atoms with E-state index in [9.17, 15) is 14.7 Å². The Hall–Kier alpha value is -1.88. The van der Waals surface area contributed by atoms with Crippen LogP contribution in [0.5, 0.6) is 0 Å². The van der Waals surface area contributed by atoms with Crippen LogP contribution in [0.15, 0.2) is 24.3 Å². The molecule has 0 aromatic heterocycles. The van der Waals surface area contributed by atoms with Gasteiger partial charge in [-0.15, -0.1) is 0 Å². The third kappa shape index (κ3) is 6.71. The third-order valence-corrected chi connectivity index (χ3v) is 4.05. The third-order valence-electron chi connectivity index (χ3n) is 4.05. The lowest BCUT2D eigenvalue weighted by molar-refractivity contribution is -0.144. The Morgan fingerprint density at radius 1 is 1.17 bits per heavy atom. The van der Waals surface area contributed by atoms with Gasteiger partial charge in [0.05, 0.1) is 25.7 Å². The van der Waals surface area contributed by atoms with E-state index in [1.54, 1.807) is 11.8 Å². The van der Waals surface area contributed by atoms with Crippen molar-refractivity contribution in [3.05, 3.63) is 35.4 Å². The second-order valence-corrected chi connectivity index (χ2v) is 5.87. The highest BCUT2D eigenvalue weighted by molar-refractivity contribution is 5.78. The lowest BCUT2D eigenvalue weighted by Crippen LogP contribution is -2.43. The molecule has 0 bridgehead atoms. The van der Waals surface area contributed by atoms with E-state index in [0.29, 0.717) is 25.9 Å². The highest BCUT2D eigenvalue weighted by atomic mass is 16.5. The summed E-state index contributed by atoms with van der Waals surface area (Å²) < 4.78 is 4.92. The number of benzene rings is 1. The Balaban J connectivity index is 2.64. The first-order valence-electron chi connectivity index (χ1n) is 8.63. The molecule has 0 saturated heterocycles. The van der Waals surface area contributed by atoms with Crippen LogP contribution in [0.4, 0.5) is 0 Å². The topological polar surface area (TPSA) is 66.8 Å². The Labute approximate surface area is 144 Å². The van der Waals surface area contributed by atoms with E-state index in [2.05, 4.69) is 0 Å². The number of aliphatic hydroxyl groups excluding tert-OH is 1. The Kier molecular flexibility index (Phi) is 9.08. The van der Waals surface area contributed by atoms with E-state index >= 15 is 0 Å². The van der Waals surface area contributed by atoms with Crippen LogP contribution in [0.3, 0.4) is 0 Å². The monoisotopic (exact) mass is 335 g/mol. The van der Waals surface area contributed by atoms with Crippen LogP contribution in [0.1, 0.15) is 44.2 Å². The molecule has 0 fully saturated rings. The molecule has 1 aromatic rings. The minimum atomic E-state index is -0.318. The number of aryl methyl sites for hydroxylation is 2. The molecule has 1 amide bonds. The summed E-state index contributed by atoms with van der Waals surface area (Å²) >= 11 is 0. The van der Waals surface area contributed by atoms with Gasteiger partial charge in [0.2, 0.25) is 5.91 Å². The average Bonchev–Trinajstić information content (AvgIpc) is 2.58. The van der Waals surface area contributed by atoms with Gasteiger partial charge in [-0.2, -0.15) is 0 Å². The van der Waals surface area contributed by atoms with Crippen LogP contribution in [-0.2, 0) is 20.7 Å². The fourth-order valence-electron chi connectivity index (χ4n) is 2.55. The number of carbonyl (C=O) groups is 2. The standard InChI is InChI=1S/C19H29NO4/c1-4-17(14-21)20(13-12-19(23)24-5-2)18(22)11-10-16-8-6-15(3)7-9-16/h6-9,17,21H,4-5,10-14H2,1-3H3. The van der Waals surface area contributed by atoms with Crippen LogP contribution >= 0.6 is 0 Å². The van der Waals surface area contributed by atoms with Gasteiger partial charge in [0.25, 0.3) is 0 Å². The van der Waals surface area contributed by atoms with Gasteiger partial charge >= 0.3 is 5.97 Å². The normalized spacial score (nSPS) is 11.8. The quantitative estimate of drug-likeness (QED) is 0.667. The van der Waals surface area contributed by atoms with Gasteiger partial charge in [-0.1, -0.05) is 36.8 Å². The van der Waals surface area contributed by atoms with Crippen molar-refractivity contribution in [1.82, 2.24) is 4.90 Å². The highest BCUT2D eigenvalue weighted by Crippen LogP contribution is 2.11.